The first-order chi connectivity index (χ1) is 8.63. The van der Waals surface area contributed by atoms with Crippen LogP contribution in [0.3, 0.4) is 0 Å². The van der Waals surface area contributed by atoms with Crippen LogP contribution in [0.4, 0.5) is 0 Å². The molecule has 0 atom stereocenters. The van der Waals surface area contributed by atoms with Gasteiger partial charge < -0.3 is 10.3 Å². The van der Waals surface area contributed by atoms with Crippen molar-refractivity contribution in [2.75, 3.05) is 0 Å². The summed E-state index contributed by atoms with van der Waals surface area (Å²) in [5.74, 6) is 0.448. The number of rotatable bonds is 5. The molecule has 1 heterocycles. The van der Waals surface area contributed by atoms with E-state index in [9.17, 15) is 8.42 Å². The molecule has 0 aliphatic heterocycles. The molecule has 2 aromatic rings. The standard InChI is InChI=1S/C11H13N3O3S/c12-7-9-3-1-2-4-11(9)18(15,16)14-8-10-5-6-13-17-10/h1-6,14H,7-8,12H2. The Kier molecular flexibility index (Phi) is 3.75. The van der Waals surface area contributed by atoms with Crippen molar-refractivity contribution in [3.8, 4) is 0 Å². The Morgan fingerprint density at radius 3 is 2.72 bits per heavy atom. The molecule has 96 valence electrons. The van der Waals surface area contributed by atoms with Gasteiger partial charge in [-0.1, -0.05) is 23.4 Å². The van der Waals surface area contributed by atoms with Gasteiger partial charge in [-0.05, 0) is 11.6 Å². The molecule has 1 aromatic carbocycles. The van der Waals surface area contributed by atoms with Crippen molar-refractivity contribution in [1.29, 1.82) is 0 Å². The van der Waals surface area contributed by atoms with E-state index in [2.05, 4.69) is 9.88 Å². The Labute approximate surface area is 105 Å². The van der Waals surface area contributed by atoms with E-state index in [1.54, 1.807) is 24.3 Å². The molecule has 3 N–H and O–H groups in total. The van der Waals surface area contributed by atoms with Gasteiger partial charge in [0.15, 0.2) is 5.76 Å². The van der Waals surface area contributed by atoms with Crippen molar-refractivity contribution in [3.63, 3.8) is 0 Å². The quantitative estimate of drug-likeness (QED) is 0.827. The van der Waals surface area contributed by atoms with E-state index in [0.717, 1.165) is 0 Å². The number of sulfonamides is 1. The van der Waals surface area contributed by atoms with Gasteiger partial charge >= 0.3 is 0 Å². The first kappa shape index (κ1) is 12.7. The summed E-state index contributed by atoms with van der Waals surface area (Å²) < 4.78 is 31.4. The fraction of sp³-hybridized carbons (Fsp3) is 0.182. The fourth-order valence-electron chi connectivity index (χ4n) is 1.51. The number of hydrogen-bond donors (Lipinski definition) is 2. The van der Waals surface area contributed by atoms with Crippen molar-refractivity contribution >= 4 is 10.0 Å². The van der Waals surface area contributed by atoms with Crippen molar-refractivity contribution < 1.29 is 12.9 Å². The highest BCUT2D eigenvalue weighted by Crippen LogP contribution is 2.15. The van der Waals surface area contributed by atoms with Gasteiger partial charge in [0.2, 0.25) is 10.0 Å². The van der Waals surface area contributed by atoms with Crippen LogP contribution in [0.2, 0.25) is 0 Å². The minimum Gasteiger partial charge on any atom is -0.360 e. The molecule has 1 aromatic heterocycles. The van der Waals surface area contributed by atoms with E-state index < -0.39 is 10.0 Å². The molecule has 0 saturated heterocycles. The summed E-state index contributed by atoms with van der Waals surface area (Å²) in [6.45, 7) is 0.223. The van der Waals surface area contributed by atoms with Gasteiger partial charge in [0.05, 0.1) is 17.6 Å². The second-order valence-corrected chi connectivity index (χ2v) is 5.35. The lowest BCUT2D eigenvalue weighted by atomic mass is 10.2. The van der Waals surface area contributed by atoms with E-state index in [1.807, 2.05) is 0 Å². The average Bonchev–Trinajstić information content (AvgIpc) is 2.89. The number of hydrogen-bond acceptors (Lipinski definition) is 5. The third kappa shape index (κ3) is 2.76. The van der Waals surface area contributed by atoms with Crippen molar-refractivity contribution in [2.45, 2.75) is 18.0 Å². The van der Waals surface area contributed by atoms with E-state index >= 15 is 0 Å². The summed E-state index contributed by atoms with van der Waals surface area (Å²) in [6.07, 6.45) is 1.46. The van der Waals surface area contributed by atoms with Crippen LogP contribution in [0.5, 0.6) is 0 Å². The van der Waals surface area contributed by atoms with Crippen LogP contribution >= 0.6 is 0 Å². The number of nitrogens with two attached hydrogens (primary N) is 1. The zero-order chi connectivity index (χ0) is 13.0. The van der Waals surface area contributed by atoms with Crippen LogP contribution in [0, 0.1) is 0 Å². The fourth-order valence-corrected chi connectivity index (χ4v) is 2.75. The highest BCUT2D eigenvalue weighted by Gasteiger charge is 2.17. The van der Waals surface area contributed by atoms with Gasteiger partial charge in [-0.15, -0.1) is 0 Å². The number of nitrogens with zero attached hydrogens (tertiary/aromatic N) is 1. The monoisotopic (exact) mass is 267 g/mol. The van der Waals surface area contributed by atoms with E-state index in [-0.39, 0.29) is 18.0 Å². The zero-order valence-corrected chi connectivity index (χ0v) is 10.4. The second kappa shape index (κ2) is 5.30. The van der Waals surface area contributed by atoms with Gasteiger partial charge in [0.25, 0.3) is 0 Å². The van der Waals surface area contributed by atoms with Crippen LogP contribution < -0.4 is 10.5 Å². The van der Waals surface area contributed by atoms with Gasteiger partial charge in [-0.25, -0.2) is 13.1 Å². The van der Waals surface area contributed by atoms with Crippen LogP contribution in [-0.4, -0.2) is 13.6 Å². The summed E-state index contributed by atoms with van der Waals surface area (Å²) in [7, 11) is -3.60. The maximum Gasteiger partial charge on any atom is 0.241 e. The Morgan fingerprint density at radius 2 is 2.06 bits per heavy atom. The Balaban J connectivity index is 2.20. The van der Waals surface area contributed by atoms with Gasteiger partial charge in [-0.2, -0.15) is 0 Å². The molecule has 18 heavy (non-hydrogen) atoms. The van der Waals surface area contributed by atoms with Crippen LogP contribution in [0.1, 0.15) is 11.3 Å². The van der Waals surface area contributed by atoms with Crippen molar-refractivity contribution in [2.24, 2.45) is 5.73 Å². The molecular weight excluding hydrogens is 254 g/mol. The van der Waals surface area contributed by atoms with Gasteiger partial charge in [-0.3, -0.25) is 0 Å². The number of aromatic nitrogens is 1. The third-order valence-corrected chi connectivity index (χ3v) is 3.91. The van der Waals surface area contributed by atoms with Gasteiger partial charge in [0, 0.05) is 12.6 Å². The summed E-state index contributed by atoms with van der Waals surface area (Å²) in [6, 6.07) is 8.20. The van der Waals surface area contributed by atoms with E-state index in [1.165, 1.54) is 12.3 Å². The Hall–Kier alpha value is -1.70. The Morgan fingerprint density at radius 1 is 1.28 bits per heavy atom. The third-order valence-electron chi connectivity index (χ3n) is 2.41. The lowest BCUT2D eigenvalue weighted by Crippen LogP contribution is -2.24. The van der Waals surface area contributed by atoms with E-state index in [4.69, 9.17) is 10.3 Å². The molecule has 0 radical (unpaired) electrons. The lowest BCUT2D eigenvalue weighted by molar-refractivity contribution is 0.380. The Bertz CT molecular complexity index is 608. The van der Waals surface area contributed by atoms with Crippen molar-refractivity contribution in [1.82, 2.24) is 9.88 Å². The van der Waals surface area contributed by atoms with Crippen LogP contribution in [0.15, 0.2) is 45.9 Å². The molecule has 0 amide bonds. The molecule has 2 rings (SSSR count). The largest absolute Gasteiger partial charge is 0.360 e. The highest BCUT2D eigenvalue weighted by atomic mass is 32.2. The van der Waals surface area contributed by atoms with Gasteiger partial charge in [0.1, 0.15) is 0 Å². The molecule has 0 spiro atoms. The smallest absolute Gasteiger partial charge is 0.241 e. The molecule has 0 aliphatic carbocycles. The zero-order valence-electron chi connectivity index (χ0n) is 9.54. The summed E-state index contributed by atoms with van der Waals surface area (Å²) in [5.41, 5.74) is 6.09. The molecule has 7 heteroatoms. The average molecular weight is 267 g/mol. The van der Waals surface area contributed by atoms with Crippen LogP contribution in [0.25, 0.3) is 0 Å². The number of benzene rings is 1. The highest BCUT2D eigenvalue weighted by molar-refractivity contribution is 7.89. The summed E-state index contributed by atoms with van der Waals surface area (Å²) in [5, 5.41) is 3.50. The molecule has 0 saturated carbocycles. The summed E-state index contributed by atoms with van der Waals surface area (Å²) in [4.78, 5) is 0.187. The maximum absolute atomic E-state index is 12.1. The SMILES string of the molecule is NCc1ccccc1S(=O)(=O)NCc1ccno1. The predicted octanol–water partition coefficient (Wildman–Crippen LogP) is 0.612. The predicted molar refractivity (Wildman–Crippen MR) is 64.9 cm³/mol. The lowest BCUT2D eigenvalue weighted by Gasteiger charge is -2.09. The molecule has 0 bridgehead atoms. The maximum atomic E-state index is 12.1. The minimum absolute atomic E-state index is 0.0568. The normalized spacial score (nSPS) is 11.6. The molecule has 0 aliphatic rings. The molecule has 0 fully saturated rings. The van der Waals surface area contributed by atoms with Crippen LogP contribution in [-0.2, 0) is 23.1 Å². The van der Waals surface area contributed by atoms with Crippen molar-refractivity contribution in [3.05, 3.63) is 47.9 Å². The second-order valence-electron chi connectivity index (χ2n) is 3.62. The first-order valence-electron chi connectivity index (χ1n) is 5.30. The first-order valence-corrected chi connectivity index (χ1v) is 6.79. The number of nitrogens with one attached hydrogen (secondary N) is 1. The molecular formula is C11H13N3O3S. The topological polar surface area (TPSA) is 98.2 Å². The molecule has 6 nitrogen and oxygen atoms in total. The molecule has 0 unspecified atom stereocenters. The summed E-state index contributed by atoms with van der Waals surface area (Å²) >= 11 is 0. The minimum atomic E-state index is -3.60. The van der Waals surface area contributed by atoms with E-state index in [0.29, 0.717) is 11.3 Å².